The Bertz CT molecular complexity index is 1820. The molecule has 236 valence electrons. The molecule has 0 spiro atoms. The zero-order valence-electron chi connectivity index (χ0n) is 25.8. The molecule has 4 aromatic rings. The van der Waals surface area contributed by atoms with E-state index in [1.54, 1.807) is 37.4 Å². The van der Waals surface area contributed by atoms with Gasteiger partial charge in [-0.25, -0.2) is 9.36 Å². The molecule has 1 N–H and O–H groups in total. The predicted molar refractivity (Wildman–Crippen MR) is 161 cm³/mol. The van der Waals surface area contributed by atoms with Crippen LogP contribution in [0, 0.1) is 11.3 Å². The molecule has 0 bridgehead atoms. The van der Waals surface area contributed by atoms with Crippen LogP contribution < -0.4 is 10.9 Å². The number of nitriles is 1. The van der Waals surface area contributed by atoms with Crippen LogP contribution in [-0.2, 0) is 18.0 Å². The Hall–Kier alpha value is -5.16. The van der Waals surface area contributed by atoms with E-state index in [2.05, 4.69) is 10.4 Å². The van der Waals surface area contributed by atoms with Gasteiger partial charge < -0.3 is 14.7 Å². The van der Waals surface area contributed by atoms with E-state index in [9.17, 15) is 32.8 Å². The summed E-state index contributed by atoms with van der Waals surface area (Å²) in [6.07, 6.45) is -3.23. The van der Waals surface area contributed by atoms with Gasteiger partial charge in [-0.05, 0) is 55.5 Å². The molecule has 11 nitrogen and oxygen atoms in total. The van der Waals surface area contributed by atoms with Gasteiger partial charge in [-0.15, -0.1) is 0 Å². The van der Waals surface area contributed by atoms with Crippen molar-refractivity contribution >= 4 is 11.8 Å². The van der Waals surface area contributed by atoms with Crippen molar-refractivity contribution in [1.82, 2.24) is 29.4 Å². The first kappa shape index (κ1) is 32.7. The molecule has 0 fully saturated rings. The smallest absolute Gasteiger partial charge is 0.340 e. The predicted octanol–water partition coefficient (Wildman–Crippen LogP) is 3.20. The number of rotatable bonds is 9. The maximum atomic E-state index is 14.0. The molecule has 1 atom stereocenters. The standard InChI is InChI=1S/C31H33F3N8O3/c1-20(29(44)38(2)16-17-42(4,5)6)37-28(43)26-27(25-14-15-36-40(25)23-12-10-21(19-35)11-13-23)39(3)41(30(26)45)24-9-7-8-22(18-24)31(32,33)34/h7-15,18,20H,16-17H2,1-6H3/p+1. The fourth-order valence-electron chi connectivity index (χ4n) is 4.80. The lowest BCUT2D eigenvalue weighted by Crippen LogP contribution is -2.49. The van der Waals surface area contributed by atoms with Gasteiger partial charge in [0.1, 0.15) is 17.3 Å². The summed E-state index contributed by atoms with van der Waals surface area (Å²) in [5, 5.41) is 16.1. The van der Waals surface area contributed by atoms with Gasteiger partial charge in [0.05, 0.1) is 74.7 Å². The van der Waals surface area contributed by atoms with Gasteiger partial charge in [0.2, 0.25) is 5.91 Å². The first-order valence-electron chi connectivity index (χ1n) is 13.9. The Morgan fingerprint density at radius 2 is 1.76 bits per heavy atom. The molecular weight excluding hydrogens is 589 g/mol. The molecule has 2 aromatic heterocycles. The first-order chi connectivity index (χ1) is 21.0. The van der Waals surface area contributed by atoms with Gasteiger partial charge in [0.25, 0.3) is 11.5 Å². The van der Waals surface area contributed by atoms with Gasteiger partial charge in [-0.3, -0.25) is 19.1 Å². The molecule has 2 amide bonds. The van der Waals surface area contributed by atoms with Crippen molar-refractivity contribution in [3.8, 4) is 28.8 Å². The van der Waals surface area contributed by atoms with Crippen LogP contribution in [0.4, 0.5) is 13.2 Å². The van der Waals surface area contributed by atoms with Crippen LogP contribution in [0.25, 0.3) is 22.8 Å². The average Bonchev–Trinajstić information content (AvgIpc) is 3.56. The normalized spacial score (nSPS) is 12.4. The Morgan fingerprint density at radius 3 is 2.36 bits per heavy atom. The van der Waals surface area contributed by atoms with E-state index in [0.29, 0.717) is 28.8 Å². The van der Waals surface area contributed by atoms with Crippen LogP contribution in [-0.4, -0.2) is 87.7 Å². The molecule has 1 unspecified atom stereocenters. The Labute approximate surface area is 257 Å². The van der Waals surface area contributed by atoms with E-state index in [4.69, 9.17) is 0 Å². The number of carbonyl (C=O) groups is 2. The number of carbonyl (C=O) groups excluding carboxylic acids is 2. The molecule has 4 rings (SSSR count). The van der Waals surface area contributed by atoms with E-state index in [-0.39, 0.29) is 28.5 Å². The third kappa shape index (κ3) is 6.99. The number of amides is 2. The van der Waals surface area contributed by atoms with Gasteiger partial charge in [-0.2, -0.15) is 23.5 Å². The molecule has 0 radical (unpaired) electrons. The van der Waals surface area contributed by atoms with E-state index in [0.717, 1.165) is 16.8 Å². The second kappa shape index (κ2) is 12.4. The summed E-state index contributed by atoms with van der Waals surface area (Å²) < 4.78 is 45.1. The minimum atomic E-state index is -4.67. The summed E-state index contributed by atoms with van der Waals surface area (Å²) in [6, 6.07) is 13.2. The molecule has 0 aliphatic heterocycles. The number of hydrogen-bond acceptors (Lipinski definition) is 5. The van der Waals surface area contributed by atoms with Crippen molar-refractivity contribution in [1.29, 1.82) is 5.26 Å². The first-order valence-corrected chi connectivity index (χ1v) is 13.9. The lowest BCUT2D eigenvalue weighted by atomic mass is 10.1. The summed E-state index contributed by atoms with van der Waals surface area (Å²) in [5.74, 6) is -1.26. The molecule has 0 saturated heterocycles. The van der Waals surface area contributed by atoms with Crippen molar-refractivity contribution in [2.75, 3.05) is 41.3 Å². The quantitative estimate of drug-likeness (QED) is 0.288. The van der Waals surface area contributed by atoms with Crippen molar-refractivity contribution in [2.24, 2.45) is 7.05 Å². The van der Waals surface area contributed by atoms with E-state index in [1.807, 2.05) is 27.2 Å². The third-order valence-electron chi connectivity index (χ3n) is 7.24. The Balaban J connectivity index is 1.84. The minimum absolute atomic E-state index is 0.0507. The second-order valence-corrected chi connectivity index (χ2v) is 11.7. The monoisotopic (exact) mass is 623 g/mol. The van der Waals surface area contributed by atoms with Crippen LogP contribution in [0.3, 0.4) is 0 Å². The van der Waals surface area contributed by atoms with Gasteiger partial charge in [-0.1, -0.05) is 6.07 Å². The van der Waals surface area contributed by atoms with Crippen LogP contribution in [0.15, 0.2) is 65.6 Å². The Kier molecular flexibility index (Phi) is 9.06. The highest BCUT2D eigenvalue weighted by atomic mass is 19.4. The maximum absolute atomic E-state index is 14.0. The largest absolute Gasteiger partial charge is 0.416 e. The number of nitrogens with zero attached hydrogens (tertiary/aromatic N) is 7. The zero-order valence-corrected chi connectivity index (χ0v) is 25.8. The number of nitrogens with one attached hydrogen (secondary N) is 1. The third-order valence-corrected chi connectivity index (χ3v) is 7.24. The number of aromatic nitrogens is 4. The Morgan fingerprint density at radius 1 is 1.09 bits per heavy atom. The fraction of sp³-hybridized carbons (Fsp3) is 0.323. The summed E-state index contributed by atoms with van der Waals surface area (Å²) in [6.45, 7) is 2.58. The summed E-state index contributed by atoms with van der Waals surface area (Å²) in [7, 11) is 9.01. The van der Waals surface area contributed by atoms with E-state index < -0.39 is 29.2 Å². The number of quaternary nitrogens is 1. The highest BCUT2D eigenvalue weighted by Gasteiger charge is 2.33. The summed E-state index contributed by atoms with van der Waals surface area (Å²) >= 11 is 0. The summed E-state index contributed by atoms with van der Waals surface area (Å²) in [4.78, 5) is 42.4. The van der Waals surface area contributed by atoms with Crippen molar-refractivity contribution in [3.05, 3.63) is 87.8 Å². The number of hydrogen-bond donors (Lipinski definition) is 1. The molecule has 0 aliphatic rings. The minimum Gasteiger partial charge on any atom is -0.340 e. The maximum Gasteiger partial charge on any atom is 0.416 e. The van der Waals surface area contributed by atoms with Crippen molar-refractivity contribution < 1.29 is 27.2 Å². The average molecular weight is 624 g/mol. The molecule has 0 saturated carbocycles. The number of halogens is 3. The molecule has 14 heteroatoms. The van der Waals surface area contributed by atoms with Gasteiger partial charge >= 0.3 is 6.18 Å². The number of likely N-dealkylation sites (N-methyl/N-ethyl adjacent to an activating group) is 2. The SMILES string of the molecule is CC(NC(=O)c1c(-c2ccnn2-c2ccc(C#N)cc2)n(C)n(-c2cccc(C(F)(F)F)c2)c1=O)C(=O)N(C)CC[N+](C)(C)C. The van der Waals surface area contributed by atoms with E-state index >= 15 is 0 Å². The molecular formula is C31H34F3N8O3+. The summed E-state index contributed by atoms with van der Waals surface area (Å²) in [5.41, 5.74) is -1.15. The fourth-order valence-corrected chi connectivity index (χ4v) is 4.80. The molecule has 0 aliphatic carbocycles. The zero-order chi connectivity index (χ0) is 33.3. The van der Waals surface area contributed by atoms with Crippen molar-refractivity contribution in [2.45, 2.75) is 19.1 Å². The van der Waals surface area contributed by atoms with E-state index in [1.165, 1.54) is 46.6 Å². The second-order valence-electron chi connectivity index (χ2n) is 11.7. The van der Waals surface area contributed by atoms with Crippen LogP contribution in [0.5, 0.6) is 0 Å². The van der Waals surface area contributed by atoms with Gasteiger partial charge in [0, 0.05) is 14.1 Å². The van der Waals surface area contributed by atoms with Crippen molar-refractivity contribution in [3.63, 3.8) is 0 Å². The molecule has 2 aromatic carbocycles. The van der Waals surface area contributed by atoms with Crippen LogP contribution >= 0.6 is 0 Å². The van der Waals surface area contributed by atoms with Crippen LogP contribution in [0.2, 0.25) is 0 Å². The van der Waals surface area contributed by atoms with Gasteiger partial charge in [0.15, 0.2) is 0 Å². The molecule has 2 heterocycles. The van der Waals surface area contributed by atoms with Crippen LogP contribution in [0.1, 0.15) is 28.4 Å². The lowest BCUT2D eigenvalue weighted by molar-refractivity contribution is -0.869. The topological polar surface area (TPSA) is 118 Å². The lowest BCUT2D eigenvalue weighted by Gasteiger charge is -2.28. The number of alkyl halides is 3. The highest BCUT2D eigenvalue weighted by Crippen LogP contribution is 2.31. The highest BCUT2D eigenvalue weighted by molar-refractivity contribution is 6.02. The molecule has 45 heavy (non-hydrogen) atoms. The number of benzene rings is 2.